The highest BCUT2D eigenvalue weighted by Crippen LogP contribution is 2.42. The fourth-order valence-corrected chi connectivity index (χ4v) is 5.86. The first kappa shape index (κ1) is 28.5. The number of carbonyl (C=O) groups excluding carboxylic acids is 2. The molecular formula is C33H38N8O2. The summed E-state index contributed by atoms with van der Waals surface area (Å²) >= 11 is 0. The van der Waals surface area contributed by atoms with Crippen LogP contribution < -0.4 is 5.73 Å². The molecule has 43 heavy (non-hydrogen) atoms. The van der Waals surface area contributed by atoms with E-state index >= 15 is 0 Å². The van der Waals surface area contributed by atoms with Crippen LogP contribution in [0.4, 0.5) is 5.82 Å². The number of aromatic nitrogens is 4. The van der Waals surface area contributed by atoms with Crippen LogP contribution in [0.2, 0.25) is 0 Å². The first-order valence-corrected chi connectivity index (χ1v) is 14.9. The van der Waals surface area contributed by atoms with Gasteiger partial charge in [0.2, 0.25) is 12.3 Å². The van der Waals surface area contributed by atoms with E-state index in [0.717, 1.165) is 85.9 Å². The highest BCUT2D eigenvalue weighted by molar-refractivity contribution is 5.87. The van der Waals surface area contributed by atoms with E-state index in [2.05, 4.69) is 58.4 Å². The van der Waals surface area contributed by atoms with E-state index in [0.29, 0.717) is 11.7 Å². The van der Waals surface area contributed by atoms with Crippen LogP contribution in [0.15, 0.2) is 67.5 Å². The molecule has 4 aromatic rings. The number of piperazine rings is 1. The van der Waals surface area contributed by atoms with Gasteiger partial charge in [-0.25, -0.2) is 9.97 Å². The Morgan fingerprint density at radius 1 is 1.00 bits per heavy atom. The molecule has 3 aromatic heterocycles. The molecule has 3 aliphatic rings. The average Bonchev–Trinajstić information content (AvgIpc) is 3.66. The second-order valence-electron chi connectivity index (χ2n) is 11.6. The van der Waals surface area contributed by atoms with Gasteiger partial charge in [0.15, 0.2) is 0 Å². The van der Waals surface area contributed by atoms with Crippen molar-refractivity contribution in [1.82, 2.24) is 34.2 Å². The molecule has 10 nitrogen and oxygen atoms in total. The maximum Gasteiger partial charge on any atom is 0.246 e. The van der Waals surface area contributed by atoms with E-state index in [-0.39, 0.29) is 11.8 Å². The lowest BCUT2D eigenvalue weighted by Crippen LogP contribution is -2.46. The number of anilines is 1. The number of benzene rings is 1. The minimum atomic E-state index is 0.0538. The third kappa shape index (κ3) is 6.15. The summed E-state index contributed by atoms with van der Waals surface area (Å²) in [4.78, 5) is 42.0. The van der Waals surface area contributed by atoms with Crippen molar-refractivity contribution in [3.05, 3.63) is 78.8 Å². The molecule has 7 rings (SSSR count). The van der Waals surface area contributed by atoms with Gasteiger partial charge < -0.3 is 20.4 Å². The summed E-state index contributed by atoms with van der Waals surface area (Å²) in [5, 5.41) is 0. The van der Waals surface area contributed by atoms with Crippen molar-refractivity contribution in [3.63, 3.8) is 0 Å². The van der Waals surface area contributed by atoms with Gasteiger partial charge in [-0.1, -0.05) is 12.6 Å². The van der Waals surface area contributed by atoms with Crippen LogP contribution >= 0.6 is 0 Å². The van der Waals surface area contributed by atoms with Gasteiger partial charge in [0.25, 0.3) is 0 Å². The molecule has 2 aliphatic heterocycles. The van der Waals surface area contributed by atoms with Crippen molar-refractivity contribution in [3.8, 4) is 17.1 Å². The Morgan fingerprint density at radius 2 is 1.81 bits per heavy atom. The maximum atomic E-state index is 11.1. The Balaban J connectivity index is 0.000000254. The quantitative estimate of drug-likeness (QED) is 0.273. The third-order valence-corrected chi connectivity index (χ3v) is 8.61. The number of imidazole rings is 1. The Morgan fingerprint density at radius 3 is 2.47 bits per heavy atom. The predicted molar refractivity (Wildman–Crippen MR) is 168 cm³/mol. The predicted octanol–water partition coefficient (Wildman–Crippen LogP) is 3.83. The molecule has 1 aromatic carbocycles. The summed E-state index contributed by atoms with van der Waals surface area (Å²) in [5.41, 5.74) is 12.3. The fraction of sp³-hybridized carbons (Fsp3) is 0.364. The van der Waals surface area contributed by atoms with E-state index in [1.165, 1.54) is 24.5 Å². The Bertz CT molecular complexity index is 1620. The highest BCUT2D eigenvalue weighted by atomic mass is 16.2. The smallest absolute Gasteiger partial charge is 0.246 e. The van der Waals surface area contributed by atoms with Crippen LogP contribution in [0.3, 0.4) is 0 Å². The summed E-state index contributed by atoms with van der Waals surface area (Å²) in [6.45, 7) is 8.58. The summed E-state index contributed by atoms with van der Waals surface area (Å²) in [6, 6.07) is 14.5. The average molecular weight is 579 g/mol. The number of likely N-dealkylation sites (N-methyl/N-ethyl adjacent to an activating group) is 1. The Labute approximate surface area is 251 Å². The number of hydrogen-bond donors (Lipinski definition) is 1. The molecule has 1 atom stereocenters. The van der Waals surface area contributed by atoms with E-state index in [9.17, 15) is 9.59 Å². The zero-order valence-electron chi connectivity index (χ0n) is 24.6. The molecule has 1 unspecified atom stereocenters. The lowest BCUT2D eigenvalue weighted by molar-refractivity contribution is -0.127. The lowest BCUT2D eigenvalue weighted by Gasteiger charge is -2.31. The zero-order valence-corrected chi connectivity index (χ0v) is 24.6. The van der Waals surface area contributed by atoms with Gasteiger partial charge in [0.05, 0.1) is 28.5 Å². The molecule has 2 amide bonds. The molecule has 3 fully saturated rings. The third-order valence-electron chi connectivity index (χ3n) is 8.61. The van der Waals surface area contributed by atoms with Gasteiger partial charge in [0.1, 0.15) is 11.6 Å². The SMILES string of the molecule is C=CC(=O)N1CCN(C)CC1.Nc1ncccc1-c1nc2ccc(C3CC3)cc2n1-c1ccc(C2CCN(C=O)C2)nc1. The number of amides is 2. The van der Waals surface area contributed by atoms with Crippen LogP contribution in [-0.4, -0.2) is 92.9 Å². The molecule has 2 saturated heterocycles. The number of rotatable bonds is 6. The molecule has 2 N–H and O–H groups in total. The summed E-state index contributed by atoms with van der Waals surface area (Å²) in [5.74, 6) is 2.21. The van der Waals surface area contributed by atoms with Crippen molar-refractivity contribution < 1.29 is 9.59 Å². The molecule has 0 bridgehead atoms. The number of pyridine rings is 2. The number of nitrogens with two attached hydrogens (primary N) is 1. The van der Waals surface area contributed by atoms with Crippen molar-refractivity contribution in [2.45, 2.75) is 31.1 Å². The Hall–Kier alpha value is -4.57. The molecule has 0 spiro atoms. The molecular weight excluding hydrogens is 540 g/mol. The van der Waals surface area contributed by atoms with Crippen molar-refractivity contribution in [1.29, 1.82) is 0 Å². The molecule has 222 valence electrons. The second kappa shape index (κ2) is 12.3. The van der Waals surface area contributed by atoms with Gasteiger partial charge >= 0.3 is 0 Å². The summed E-state index contributed by atoms with van der Waals surface area (Å²) in [6.07, 6.45) is 9.34. The number of likely N-dealkylation sites (tertiary alicyclic amines) is 1. The number of fused-ring (bicyclic) bond motifs is 1. The zero-order chi connectivity index (χ0) is 29.9. The lowest BCUT2D eigenvalue weighted by atomic mass is 10.0. The summed E-state index contributed by atoms with van der Waals surface area (Å²) < 4.78 is 2.14. The van der Waals surface area contributed by atoms with E-state index in [1.54, 1.807) is 6.20 Å². The van der Waals surface area contributed by atoms with Crippen molar-refractivity contribution in [2.24, 2.45) is 0 Å². The number of nitrogens with zero attached hydrogens (tertiary/aromatic N) is 7. The van der Waals surface area contributed by atoms with Gasteiger partial charge in [-0.2, -0.15) is 0 Å². The standard InChI is InChI=1S/C25H24N6O.C8H14N2O/c26-24-20(2-1-10-27-24)25-29-22-7-5-17(16-3-4-16)12-23(22)31(25)19-6-8-21(28-13-19)18-9-11-30(14-18)15-32;1-3-8(11)10-6-4-9(2)5-7-10/h1-2,5-8,10,12-13,15-16,18H,3-4,9,11,14H2,(H2,26,27);3H,1,4-7H2,2H3. The van der Waals surface area contributed by atoms with E-state index in [4.69, 9.17) is 15.7 Å². The normalized spacial score (nSPS) is 18.8. The second-order valence-corrected chi connectivity index (χ2v) is 11.6. The van der Waals surface area contributed by atoms with Gasteiger partial charge in [-0.15, -0.1) is 0 Å². The molecule has 5 heterocycles. The van der Waals surface area contributed by atoms with Crippen molar-refractivity contribution in [2.75, 3.05) is 52.0 Å². The summed E-state index contributed by atoms with van der Waals surface area (Å²) in [7, 11) is 2.07. The molecule has 1 saturated carbocycles. The van der Waals surface area contributed by atoms with E-state index in [1.807, 2.05) is 28.1 Å². The first-order chi connectivity index (χ1) is 20.9. The highest BCUT2D eigenvalue weighted by Gasteiger charge is 2.26. The minimum absolute atomic E-state index is 0.0538. The molecule has 10 heteroatoms. The molecule has 1 aliphatic carbocycles. The number of carbonyl (C=O) groups is 2. The number of nitrogen functional groups attached to an aromatic ring is 1. The number of hydrogen-bond acceptors (Lipinski definition) is 7. The van der Waals surface area contributed by atoms with Crippen LogP contribution in [0.5, 0.6) is 0 Å². The van der Waals surface area contributed by atoms with Gasteiger partial charge in [0, 0.05) is 57.1 Å². The van der Waals surface area contributed by atoms with Crippen LogP contribution in [-0.2, 0) is 9.59 Å². The van der Waals surface area contributed by atoms with Crippen LogP contribution in [0.25, 0.3) is 28.1 Å². The van der Waals surface area contributed by atoms with Crippen molar-refractivity contribution >= 4 is 29.2 Å². The van der Waals surface area contributed by atoms with E-state index < -0.39 is 0 Å². The largest absolute Gasteiger partial charge is 0.383 e. The monoisotopic (exact) mass is 578 g/mol. The maximum absolute atomic E-state index is 11.1. The van der Waals surface area contributed by atoms with Gasteiger partial charge in [-0.05, 0) is 80.3 Å². The minimum Gasteiger partial charge on any atom is -0.383 e. The Kier molecular flexibility index (Phi) is 8.20. The topological polar surface area (TPSA) is 113 Å². The van der Waals surface area contributed by atoms with Crippen LogP contribution in [0, 0.1) is 0 Å². The molecule has 0 radical (unpaired) electrons. The van der Waals surface area contributed by atoms with Crippen LogP contribution in [0.1, 0.15) is 42.4 Å². The van der Waals surface area contributed by atoms with Gasteiger partial charge in [-0.3, -0.25) is 19.1 Å². The fourth-order valence-electron chi connectivity index (χ4n) is 5.86. The first-order valence-electron chi connectivity index (χ1n) is 14.9.